The average molecular weight is 430 g/mol. The second-order valence-electron chi connectivity index (χ2n) is 8.64. The Labute approximate surface area is 188 Å². The maximum absolute atomic E-state index is 15.6. The van der Waals surface area contributed by atoms with Gasteiger partial charge in [-0.15, -0.1) is 0 Å². The van der Waals surface area contributed by atoms with Crippen molar-refractivity contribution in [3.63, 3.8) is 0 Å². The maximum atomic E-state index is 15.6. The Morgan fingerprint density at radius 2 is 1.78 bits per heavy atom. The topological polar surface area (TPSA) is 44.4 Å². The lowest BCUT2D eigenvalue weighted by Gasteiger charge is -2.21. The number of benzene rings is 3. The molecular weight excluding hydrogens is 401 g/mol. The smallest absolute Gasteiger partial charge is 0.221 e. The van der Waals surface area contributed by atoms with Crippen LogP contribution in [0, 0.1) is 5.82 Å². The van der Waals surface area contributed by atoms with Crippen LogP contribution in [0.15, 0.2) is 54.6 Å². The summed E-state index contributed by atoms with van der Waals surface area (Å²) in [5.41, 5.74) is 7.54. The van der Waals surface area contributed by atoms with Crippen molar-refractivity contribution in [3.8, 4) is 11.1 Å². The fourth-order valence-electron chi connectivity index (χ4n) is 5.27. The lowest BCUT2D eigenvalue weighted by molar-refractivity contribution is -0.114. The molecule has 1 amide bonds. The number of amides is 1. The van der Waals surface area contributed by atoms with Crippen molar-refractivity contribution in [2.75, 3.05) is 28.6 Å². The van der Waals surface area contributed by atoms with Gasteiger partial charge in [0.25, 0.3) is 0 Å². The number of halogens is 1. The van der Waals surface area contributed by atoms with Crippen LogP contribution in [0.4, 0.5) is 21.5 Å². The number of carbonyl (C=O) groups excluding carboxylic acids is 1. The number of nitrogens with zero attached hydrogens (tertiary/aromatic N) is 1. The Bertz CT molecular complexity index is 1180. The first-order valence-electron chi connectivity index (χ1n) is 11.3. The van der Waals surface area contributed by atoms with Gasteiger partial charge in [-0.1, -0.05) is 30.3 Å². The molecule has 2 unspecified atom stereocenters. The molecule has 5 rings (SSSR count). The largest absolute Gasteiger partial charge is 0.375 e. The predicted molar refractivity (Wildman–Crippen MR) is 129 cm³/mol. The first-order chi connectivity index (χ1) is 15.5. The van der Waals surface area contributed by atoms with Gasteiger partial charge in [0, 0.05) is 42.9 Å². The summed E-state index contributed by atoms with van der Waals surface area (Å²) in [5, 5.41) is 6.32. The van der Waals surface area contributed by atoms with Crippen molar-refractivity contribution in [3.05, 3.63) is 77.1 Å². The SMILES string of the molecule is CCN(CC)c1ccc(-c2ccc3c(c2F)NC2c4ccc(NC(C)=O)cc4CC32)cc1. The van der Waals surface area contributed by atoms with E-state index < -0.39 is 0 Å². The Balaban J connectivity index is 1.43. The lowest BCUT2D eigenvalue weighted by Crippen LogP contribution is -2.21. The molecule has 2 atom stereocenters. The van der Waals surface area contributed by atoms with Crippen LogP contribution in [0.1, 0.15) is 49.4 Å². The number of anilines is 3. The monoisotopic (exact) mass is 429 g/mol. The van der Waals surface area contributed by atoms with E-state index in [1.165, 1.54) is 18.1 Å². The normalized spacial score (nSPS) is 17.9. The van der Waals surface area contributed by atoms with Crippen LogP contribution in [0.2, 0.25) is 0 Å². The summed E-state index contributed by atoms with van der Waals surface area (Å²) in [6, 6.07) is 18.2. The van der Waals surface area contributed by atoms with E-state index in [0.29, 0.717) is 11.3 Å². The zero-order chi connectivity index (χ0) is 22.4. The zero-order valence-electron chi connectivity index (χ0n) is 18.7. The second-order valence-corrected chi connectivity index (χ2v) is 8.64. The molecule has 0 bridgehead atoms. The van der Waals surface area contributed by atoms with E-state index in [-0.39, 0.29) is 23.7 Å². The molecule has 0 fully saturated rings. The van der Waals surface area contributed by atoms with Crippen LogP contribution < -0.4 is 15.5 Å². The minimum absolute atomic E-state index is 0.0705. The van der Waals surface area contributed by atoms with Crippen molar-refractivity contribution < 1.29 is 9.18 Å². The van der Waals surface area contributed by atoms with Crippen LogP contribution in [0.5, 0.6) is 0 Å². The molecule has 1 aliphatic carbocycles. The standard InChI is InChI=1S/C27H28FN3O/c1-4-31(5-2)20-9-6-17(7-10-20)21-12-13-23-24-15-18-14-19(29-16(3)32)8-11-22(18)26(24)30-27(23)25(21)28/h6-14,24,26,30H,4-5,15H2,1-3H3,(H,29,32). The van der Waals surface area contributed by atoms with Crippen LogP contribution in [-0.4, -0.2) is 19.0 Å². The van der Waals surface area contributed by atoms with Crippen molar-refractivity contribution in [2.45, 2.75) is 39.2 Å². The Kier molecular flexibility index (Phi) is 5.12. The quantitative estimate of drug-likeness (QED) is 0.515. The van der Waals surface area contributed by atoms with Crippen molar-refractivity contribution in [1.82, 2.24) is 0 Å². The molecule has 5 heteroatoms. The minimum atomic E-state index is -0.177. The summed E-state index contributed by atoms with van der Waals surface area (Å²) in [6.45, 7) is 7.68. The first-order valence-corrected chi connectivity index (χ1v) is 11.3. The highest BCUT2D eigenvalue weighted by atomic mass is 19.1. The molecule has 0 radical (unpaired) electrons. The van der Waals surface area contributed by atoms with Gasteiger partial charge in [-0.05, 0) is 66.8 Å². The molecule has 0 aromatic heterocycles. The third-order valence-corrected chi connectivity index (χ3v) is 6.82. The van der Waals surface area contributed by atoms with E-state index in [9.17, 15) is 4.79 Å². The first kappa shape index (κ1) is 20.6. The number of nitrogens with one attached hydrogen (secondary N) is 2. The highest BCUT2D eigenvalue weighted by Gasteiger charge is 2.41. The predicted octanol–water partition coefficient (Wildman–Crippen LogP) is 6.10. The molecule has 32 heavy (non-hydrogen) atoms. The molecule has 2 N–H and O–H groups in total. The highest BCUT2D eigenvalue weighted by molar-refractivity contribution is 5.89. The number of carbonyl (C=O) groups is 1. The fourth-order valence-corrected chi connectivity index (χ4v) is 5.27. The molecule has 164 valence electrons. The lowest BCUT2D eigenvalue weighted by atomic mass is 9.93. The Morgan fingerprint density at radius 3 is 2.47 bits per heavy atom. The summed E-state index contributed by atoms with van der Waals surface area (Å²) in [5.74, 6) is -0.0450. The van der Waals surface area contributed by atoms with E-state index in [2.05, 4.69) is 53.6 Å². The third-order valence-electron chi connectivity index (χ3n) is 6.82. The van der Waals surface area contributed by atoms with E-state index in [4.69, 9.17) is 0 Å². The average Bonchev–Trinajstić information content (AvgIpc) is 3.31. The Hall–Kier alpha value is -3.34. The maximum Gasteiger partial charge on any atom is 0.221 e. The zero-order valence-corrected chi connectivity index (χ0v) is 18.7. The number of fused-ring (bicyclic) bond motifs is 5. The van der Waals surface area contributed by atoms with Crippen molar-refractivity contribution in [1.29, 1.82) is 0 Å². The van der Waals surface area contributed by atoms with Crippen LogP contribution >= 0.6 is 0 Å². The van der Waals surface area contributed by atoms with Crippen LogP contribution in [0.3, 0.4) is 0 Å². The molecule has 3 aromatic rings. The van der Waals surface area contributed by atoms with Gasteiger partial charge in [0.2, 0.25) is 5.91 Å². The molecule has 0 saturated carbocycles. The van der Waals surface area contributed by atoms with E-state index in [1.807, 2.05) is 30.3 Å². The minimum Gasteiger partial charge on any atom is -0.375 e. The Morgan fingerprint density at radius 1 is 1.06 bits per heavy atom. The third kappa shape index (κ3) is 3.32. The summed E-state index contributed by atoms with van der Waals surface area (Å²) < 4.78 is 15.6. The molecule has 0 saturated heterocycles. The van der Waals surface area contributed by atoms with Crippen molar-refractivity contribution in [2.24, 2.45) is 0 Å². The van der Waals surface area contributed by atoms with E-state index >= 15 is 4.39 Å². The van der Waals surface area contributed by atoms with Gasteiger partial charge in [-0.2, -0.15) is 0 Å². The molecule has 3 aromatic carbocycles. The van der Waals surface area contributed by atoms with Gasteiger partial charge >= 0.3 is 0 Å². The second kappa shape index (κ2) is 7.97. The van der Waals surface area contributed by atoms with Gasteiger partial charge in [0.15, 0.2) is 5.82 Å². The molecule has 4 nitrogen and oxygen atoms in total. The van der Waals surface area contributed by atoms with Crippen LogP contribution in [0.25, 0.3) is 11.1 Å². The molecule has 2 aliphatic rings. The van der Waals surface area contributed by atoms with E-state index in [0.717, 1.165) is 42.0 Å². The number of hydrogen-bond acceptors (Lipinski definition) is 3. The van der Waals surface area contributed by atoms with Gasteiger partial charge < -0.3 is 15.5 Å². The highest BCUT2D eigenvalue weighted by Crippen LogP contribution is 2.53. The molecule has 1 heterocycles. The van der Waals surface area contributed by atoms with Crippen LogP contribution in [-0.2, 0) is 11.2 Å². The fraction of sp³-hybridized carbons (Fsp3) is 0.296. The number of hydrogen-bond donors (Lipinski definition) is 2. The van der Waals surface area contributed by atoms with Gasteiger partial charge in [0.05, 0.1) is 11.7 Å². The van der Waals surface area contributed by atoms with Crippen molar-refractivity contribution >= 4 is 23.0 Å². The molecular formula is C27H28FN3O. The molecule has 1 aliphatic heterocycles. The summed E-state index contributed by atoms with van der Waals surface area (Å²) in [4.78, 5) is 13.7. The molecule has 0 spiro atoms. The van der Waals surface area contributed by atoms with Gasteiger partial charge in [-0.3, -0.25) is 4.79 Å². The summed E-state index contributed by atoms with van der Waals surface area (Å²) in [6.07, 6.45) is 0.838. The van der Waals surface area contributed by atoms with E-state index in [1.54, 1.807) is 0 Å². The van der Waals surface area contributed by atoms with Gasteiger partial charge in [0.1, 0.15) is 0 Å². The summed E-state index contributed by atoms with van der Waals surface area (Å²) >= 11 is 0. The number of rotatable bonds is 5. The van der Waals surface area contributed by atoms with Gasteiger partial charge in [-0.25, -0.2) is 4.39 Å². The summed E-state index contributed by atoms with van der Waals surface area (Å²) in [7, 11) is 0.